The number of hydrogen-bond acceptors (Lipinski definition) is 0. The average Bonchev–Trinajstić information content (AvgIpc) is 2.92. The monoisotopic (exact) mass is 470 g/mol. The van der Waals surface area contributed by atoms with Gasteiger partial charge in [0.2, 0.25) is 0 Å². The number of benzene rings is 3. The van der Waals surface area contributed by atoms with Crippen molar-refractivity contribution in [1.29, 1.82) is 0 Å². The molecule has 0 radical (unpaired) electrons. The highest BCUT2D eigenvalue weighted by molar-refractivity contribution is 5.64. The van der Waals surface area contributed by atoms with Crippen LogP contribution in [-0.4, -0.2) is 6.67 Å². The van der Waals surface area contributed by atoms with E-state index in [1.54, 1.807) is 0 Å². The Labute approximate surface area is 213 Å². The zero-order chi connectivity index (χ0) is 24.3. The number of rotatable bonds is 12. The van der Waals surface area contributed by atoms with Gasteiger partial charge in [-0.3, -0.25) is 4.39 Å². The molecule has 0 heterocycles. The van der Waals surface area contributed by atoms with E-state index < -0.39 is 0 Å². The summed E-state index contributed by atoms with van der Waals surface area (Å²) in [6.07, 6.45) is 14.2. The van der Waals surface area contributed by atoms with E-state index in [2.05, 4.69) is 79.7 Å². The van der Waals surface area contributed by atoms with Gasteiger partial charge in [-0.25, -0.2) is 0 Å². The number of halogens is 1. The Bertz CT molecular complexity index is 976. The molecule has 0 bridgehead atoms. The highest BCUT2D eigenvalue weighted by Gasteiger charge is 2.22. The molecule has 0 spiro atoms. The fraction of sp³-hybridized carbons (Fsp3) is 0.471. The van der Waals surface area contributed by atoms with Crippen molar-refractivity contribution in [3.8, 4) is 11.1 Å². The molecule has 3 aromatic rings. The van der Waals surface area contributed by atoms with Crippen LogP contribution in [0.2, 0.25) is 0 Å². The molecule has 1 aliphatic rings. The maximum atomic E-state index is 12.6. The quantitative estimate of drug-likeness (QED) is 0.231. The van der Waals surface area contributed by atoms with E-state index in [9.17, 15) is 4.39 Å². The lowest BCUT2D eigenvalue weighted by molar-refractivity contribution is 0.283. The Kier molecular flexibility index (Phi) is 9.99. The van der Waals surface area contributed by atoms with Gasteiger partial charge in [0.15, 0.2) is 0 Å². The number of unbranched alkanes of at least 4 members (excludes halogenated alkanes) is 3. The third-order valence-corrected chi connectivity index (χ3v) is 8.08. The van der Waals surface area contributed by atoms with Crippen molar-refractivity contribution < 1.29 is 4.39 Å². The third-order valence-electron chi connectivity index (χ3n) is 8.08. The lowest BCUT2D eigenvalue weighted by Crippen LogP contribution is -2.13. The third kappa shape index (κ3) is 7.79. The van der Waals surface area contributed by atoms with E-state index in [4.69, 9.17) is 0 Å². The first-order chi connectivity index (χ1) is 17.2. The van der Waals surface area contributed by atoms with Crippen LogP contribution in [0.3, 0.4) is 0 Å². The van der Waals surface area contributed by atoms with Gasteiger partial charge >= 0.3 is 0 Å². The van der Waals surface area contributed by atoms with Crippen LogP contribution in [0.5, 0.6) is 0 Å². The van der Waals surface area contributed by atoms with Gasteiger partial charge in [-0.05, 0) is 103 Å². The van der Waals surface area contributed by atoms with Gasteiger partial charge < -0.3 is 0 Å². The summed E-state index contributed by atoms with van der Waals surface area (Å²) in [6, 6.07) is 27.6. The maximum Gasteiger partial charge on any atom is 0.0897 e. The number of aryl methyl sites for hydroxylation is 3. The van der Waals surface area contributed by atoms with E-state index >= 15 is 0 Å². The van der Waals surface area contributed by atoms with Crippen LogP contribution in [0.4, 0.5) is 4.39 Å². The molecule has 35 heavy (non-hydrogen) atoms. The van der Waals surface area contributed by atoms with E-state index in [0.717, 1.165) is 19.3 Å². The summed E-state index contributed by atoms with van der Waals surface area (Å²) in [5, 5.41) is 0. The van der Waals surface area contributed by atoms with Gasteiger partial charge in [-0.2, -0.15) is 0 Å². The van der Waals surface area contributed by atoms with Crippen LogP contribution in [0.15, 0.2) is 72.8 Å². The summed E-state index contributed by atoms with van der Waals surface area (Å²) in [5.41, 5.74) is 8.35. The Morgan fingerprint density at radius 3 is 1.66 bits per heavy atom. The van der Waals surface area contributed by atoms with Crippen molar-refractivity contribution in [3.63, 3.8) is 0 Å². The molecule has 0 N–H and O–H groups in total. The summed E-state index contributed by atoms with van der Waals surface area (Å²) >= 11 is 0. The molecule has 0 aromatic heterocycles. The smallest absolute Gasteiger partial charge is 0.0897 e. The predicted molar refractivity (Wildman–Crippen MR) is 149 cm³/mol. The van der Waals surface area contributed by atoms with Crippen LogP contribution >= 0.6 is 0 Å². The maximum absolute atomic E-state index is 12.6. The second kappa shape index (κ2) is 13.6. The van der Waals surface area contributed by atoms with Crippen molar-refractivity contribution in [2.45, 2.75) is 89.9 Å². The van der Waals surface area contributed by atoms with Gasteiger partial charge in [0.1, 0.15) is 0 Å². The first kappa shape index (κ1) is 25.7. The minimum atomic E-state index is -0.158. The molecule has 1 aliphatic carbocycles. The minimum Gasteiger partial charge on any atom is -0.251 e. The van der Waals surface area contributed by atoms with Crippen LogP contribution in [0, 0.1) is 5.92 Å². The lowest BCUT2D eigenvalue weighted by Gasteiger charge is -2.28. The number of hydrogen-bond donors (Lipinski definition) is 0. The molecule has 186 valence electrons. The molecule has 3 aromatic carbocycles. The van der Waals surface area contributed by atoms with Crippen molar-refractivity contribution in [3.05, 3.63) is 95.1 Å². The molecule has 1 heteroatoms. The summed E-state index contributed by atoms with van der Waals surface area (Å²) in [4.78, 5) is 0. The largest absolute Gasteiger partial charge is 0.251 e. The SMILES string of the molecule is CCCCCCc1ccc(CCc2ccc(-c3ccc(C4CCC(CCF)CC4)cc3)cc2)cc1. The molecule has 1 fully saturated rings. The molecule has 0 aliphatic heterocycles. The Hall–Kier alpha value is -2.41. The molecule has 1 saturated carbocycles. The van der Waals surface area contributed by atoms with Crippen molar-refractivity contribution >= 4 is 0 Å². The molecule has 0 unspecified atom stereocenters. The van der Waals surface area contributed by atoms with Gasteiger partial charge in [0, 0.05) is 0 Å². The number of alkyl halides is 1. The molecular formula is C34H43F. The summed E-state index contributed by atoms with van der Waals surface area (Å²) in [5.74, 6) is 1.26. The molecule has 0 atom stereocenters. The van der Waals surface area contributed by atoms with Gasteiger partial charge in [0.05, 0.1) is 6.67 Å². The highest BCUT2D eigenvalue weighted by Crippen LogP contribution is 2.37. The summed E-state index contributed by atoms with van der Waals surface area (Å²) < 4.78 is 12.6. The molecule has 4 rings (SSSR count). The first-order valence-electron chi connectivity index (χ1n) is 14.1. The van der Waals surface area contributed by atoms with E-state index in [0.29, 0.717) is 11.8 Å². The second-order valence-corrected chi connectivity index (χ2v) is 10.6. The van der Waals surface area contributed by atoms with Crippen LogP contribution in [-0.2, 0) is 19.3 Å². The van der Waals surface area contributed by atoms with E-state index in [1.807, 2.05) is 0 Å². The van der Waals surface area contributed by atoms with Crippen molar-refractivity contribution in [2.75, 3.05) is 6.67 Å². The Morgan fingerprint density at radius 2 is 1.11 bits per heavy atom. The van der Waals surface area contributed by atoms with Crippen LogP contribution < -0.4 is 0 Å². The van der Waals surface area contributed by atoms with E-state index in [-0.39, 0.29) is 6.67 Å². The van der Waals surface area contributed by atoms with Gasteiger partial charge in [-0.15, -0.1) is 0 Å². The normalized spacial score (nSPS) is 18.0. The second-order valence-electron chi connectivity index (χ2n) is 10.6. The van der Waals surface area contributed by atoms with Crippen molar-refractivity contribution in [1.82, 2.24) is 0 Å². The highest BCUT2D eigenvalue weighted by atomic mass is 19.1. The van der Waals surface area contributed by atoms with Gasteiger partial charge in [-0.1, -0.05) is 99.0 Å². The Balaban J connectivity index is 1.25. The zero-order valence-electron chi connectivity index (χ0n) is 21.7. The zero-order valence-corrected chi connectivity index (χ0v) is 21.7. The fourth-order valence-electron chi connectivity index (χ4n) is 5.67. The van der Waals surface area contributed by atoms with Gasteiger partial charge in [0.25, 0.3) is 0 Å². The topological polar surface area (TPSA) is 0 Å². The summed E-state index contributed by atoms with van der Waals surface area (Å²) in [7, 11) is 0. The molecule has 0 nitrogen and oxygen atoms in total. The predicted octanol–water partition coefficient (Wildman–Crippen LogP) is 9.89. The fourth-order valence-corrected chi connectivity index (χ4v) is 5.67. The van der Waals surface area contributed by atoms with Crippen LogP contribution in [0.1, 0.15) is 92.9 Å². The molecular weight excluding hydrogens is 427 g/mol. The first-order valence-corrected chi connectivity index (χ1v) is 14.1. The van der Waals surface area contributed by atoms with Crippen molar-refractivity contribution in [2.24, 2.45) is 5.92 Å². The molecule has 0 amide bonds. The summed E-state index contributed by atoms with van der Waals surface area (Å²) in [6.45, 7) is 2.11. The lowest BCUT2D eigenvalue weighted by atomic mass is 9.77. The standard InChI is InChI=1S/C34H43F/c1-2-3-4-5-6-27-7-9-28(10-8-27)11-12-29-13-17-31(18-14-29)33-21-23-34(24-22-33)32-19-15-30(16-20-32)25-26-35/h7-10,13-14,17-18,21-24,30,32H,2-6,11-12,15-16,19-20,25-26H2,1H3. The van der Waals surface area contributed by atoms with E-state index in [1.165, 1.54) is 91.2 Å². The molecule has 0 saturated heterocycles. The minimum absolute atomic E-state index is 0.158. The van der Waals surface area contributed by atoms with Crippen LogP contribution in [0.25, 0.3) is 11.1 Å². The average molecular weight is 471 g/mol. The Morgan fingerprint density at radius 1 is 0.600 bits per heavy atom.